The van der Waals surface area contributed by atoms with Crippen molar-refractivity contribution in [3.8, 4) is 5.69 Å². The predicted octanol–water partition coefficient (Wildman–Crippen LogP) is 2.96. The van der Waals surface area contributed by atoms with Crippen molar-refractivity contribution in [1.82, 2.24) is 9.78 Å². The Labute approximate surface area is 157 Å². The number of carbonyl (C=O) groups excluding carboxylic acids is 2. The Hall–Kier alpha value is -3.41. The third-order valence-corrected chi connectivity index (χ3v) is 4.66. The number of nitrogens with one attached hydrogen (secondary N) is 1. The van der Waals surface area contributed by atoms with Crippen LogP contribution in [0.4, 0.5) is 11.4 Å². The molecular weight excluding hydrogens is 340 g/mol. The maximum Gasteiger partial charge on any atom is 0.228 e. The van der Waals surface area contributed by atoms with E-state index in [2.05, 4.69) is 10.4 Å². The largest absolute Gasteiger partial charge is 0.326 e. The molecule has 0 bridgehead atoms. The van der Waals surface area contributed by atoms with Crippen molar-refractivity contribution in [1.29, 1.82) is 0 Å². The lowest BCUT2D eigenvalue weighted by Crippen LogP contribution is -2.25. The Bertz CT molecular complexity index is 994. The van der Waals surface area contributed by atoms with Crippen LogP contribution in [-0.4, -0.2) is 28.1 Å². The first-order valence-corrected chi connectivity index (χ1v) is 8.90. The Balaban J connectivity index is 1.42. The highest BCUT2D eigenvalue weighted by Crippen LogP contribution is 2.30. The van der Waals surface area contributed by atoms with E-state index in [0.717, 1.165) is 34.6 Å². The van der Waals surface area contributed by atoms with Crippen molar-refractivity contribution in [2.45, 2.75) is 19.8 Å². The summed E-state index contributed by atoms with van der Waals surface area (Å²) in [6.45, 7) is 2.27. The smallest absolute Gasteiger partial charge is 0.228 e. The summed E-state index contributed by atoms with van der Waals surface area (Å²) in [5, 5.41) is 7.25. The second-order valence-electron chi connectivity index (χ2n) is 6.62. The lowest BCUT2D eigenvalue weighted by molar-refractivity contribution is -0.117. The molecule has 0 fully saturated rings. The molecule has 2 amide bonds. The number of para-hydroxylation sites is 1. The van der Waals surface area contributed by atoms with Crippen molar-refractivity contribution >= 4 is 23.2 Å². The number of hydrogen-bond donors (Lipinski definition) is 1. The SMILES string of the molecule is CC(=O)N1CCc2cc(NC(=O)Cc3cnn(-c4ccccc4)c3)ccc21. The van der Waals surface area contributed by atoms with E-state index in [1.807, 2.05) is 54.7 Å². The van der Waals surface area contributed by atoms with Crippen LogP contribution < -0.4 is 10.2 Å². The van der Waals surface area contributed by atoms with Crippen LogP contribution in [0.1, 0.15) is 18.1 Å². The molecule has 0 radical (unpaired) electrons. The monoisotopic (exact) mass is 360 g/mol. The zero-order valence-electron chi connectivity index (χ0n) is 15.1. The highest BCUT2D eigenvalue weighted by molar-refractivity contribution is 5.96. The zero-order chi connectivity index (χ0) is 18.8. The third kappa shape index (κ3) is 3.60. The Morgan fingerprint density at radius 3 is 2.74 bits per heavy atom. The van der Waals surface area contributed by atoms with Crippen LogP contribution in [-0.2, 0) is 22.4 Å². The van der Waals surface area contributed by atoms with Gasteiger partial charge >= 0.3 is 0 Å². The summed E-state index contributed by atoms with van der Waals surface area (Å²) in [6.07, 6.45) is 4.63. The summed E-state index contributed by atoms with van der Waals surface area (Å²) in [4.78, 5) is 25.8. The number of anilines is 2. The van der Waals surface area contributed by atoms with Gasteiger partial charge in [-0.15, -0.1) is 0 Å². The number of fused-ring (bicyclic) bond motifs is 1. The van der Waals surface area contributed by atoms with Gasteiger partial charge in [0.1, 0.15) is 0 Å². The van der Waals surface area contributed by atoms with Crippen molar-refractivity contribution in [2.24, 2.45) is 0 Å². The summed E-state index contributed by atoms with van der Waals surface area (Å²) >= 11 is 0. The molecule has 1 aromatic heterocycles. The summed E-state index contributed by atoms with van der Waals surface area (Å²) in [7, 11) is 0. The molecule has 1 aliphatic rings. The molecular formula is C21H20N4O2. The van der Waals surface area contributed by atoms with Gasteiger partial charge in [0.15, 0.2) is 0 Å². The Kier molecular flexibility index (Phi) is 4.46. The molecule has 1 aliphatic heterocycles. The normalized spacial score (nSPS) is 12.7. The fourth-order valence-electron chi connectivity index (χ4n) is 3.37. The first-order valence-electron chi connectivity index (χ1n) is 8.90. The summed E-state index contributed by atoms with van der Waals surface area (Å²) in [5.41, 5.74) is 4.57. The summed E-state index contributed by atoms with van der Waals surface area (Å²) < 4.78 is 1.76. The van der Waals surface area contributed by atoms with Crippen molar-refractivity contribution in [2.75, 3.05) is 16.8 Å². The van der Waals surface area contributed by atoms with Crippen LogP contribution in [0.3, 0.4) is 0 Å². The van der Waals surface area contributed by atoms with E-state index in [9.17, 15) is 9.59 Å². The van der Waals surface area contributed by atoms with E-state index in [4.69, 9.17) is 0 Å². The van der Waals surface area contributed by atoms with Gasteiger partial charge in [0.2, 0.25) is 11.8 Å². The predicted molar refractivity (Wildman–Crippen MR) is 104 cm³/mol. The number of nitrogens with zero attached hydrogens (tertiary/aromatic N) is 3. The van der Waals surface area contributed by atoms with Gasteiger partial charge < -0.3 is 10.2 Å². The van der Waals surface area contributed by atoms with E-state index in [1.165, 1.54) is 0 Å². The first kappa shape index (κ1) is 17.0. The molecule has 0 saturated heterocycles. The molecule has 0 spiro atoms. The minimum atomic E-state index is -0.0935. The second kappa shape index (κ2) is 7.07. The average molecular weight is 360 g/mol. The van der Waals surface area contributed by atoms with Crippen LogP contribution in [0.15, 0.2) is 60.9 Å². The Morgan fingerprint density at radius 2 is 1.96 bits per heavy atom. The molecule has 0 atom stereocenters. The minimum Gasteiger partial charge on any atom is -0.326 e. The van der Waals surface area contributed by atoms with Crippen molar-refractivity contribution < 1.29 is 9.59 Å². The van der Waals surface area contributed by atoms with E-state index < -0.39 is 0 Å². The van der Waals surface area contributed by atoms with Gasteiger partial charge in [0, 0.05) is 31.0 Å². The van der Waals surface area contributed by atoms with Gasteiger partial charge in [-0.25, -0.2) is 4.68 Å². The van der Waals surface area contributed by atoms with Gasteiger partial charge in [-0.2, -0.15) is 5.10 Å². The fraction of sp³-hybridized carbons (Fsp3) is 0.190. The van der Waals surface area contributed by atoms with Crippen LogP contribution in [0, 0.1) is 0 Å². The van der Waals surface area contributed by atoms with Crippen LogP contribution in [0.5, 0.6) is 0 Å². The topological polar surface area (TPSA) is 67.2 Å². The number of aromatic nitrogens is 2. The molecule has 0 unspecified atom stereocenters. The number of amides is 2. The summed E-state index contributed by atoms with van der Waals surface area (Å²) in [6, 6.07) is 15.5. The van der Waals surface area contributed by atoms with Gasteiger partial charge in [-0.3, -0.25) is 9.59 Å². The van der Waals surface area contributed by atoms with Crippen LogP contribution in [0.25, 0.3) is 5.69 Å². The Morgan fingerprint density at radius 1 is 1.15 bits per heavy atom. The maximum atomic E-state index is 12.4. The second-order valence-corrected chi connectivity index (χ2v) is 6.62. The minimum absolute atomic E-state index is 0.0426. The van der Waals surface area contributed by atoms with Gasteiger partial charge in [-0.1, -0.05) is 18.2 Å². The molecule has 1 N–H and O–H groups in total. The zero-order valence-corrected chi connectivity index (χ0v) is 15.1. The standard InChI is InChI=1S/C21H20N4O2/c1-15(26)24-10-9-17-12-18(7-8-20(17)24)23-21(27)11-16-13-22-25(14-16)19-5-3-2-4-6-19/h2-8,12-14H,9-11H2,1H3,(H,23,27). The molecule has 136 valence electrons. The summed E-state index contributed by atoms with van der Waals surface area (Å²) in [5.74, 6) is -0.0510. The number of benzene rings is 2. The highest BCUT2D eigenvalue weighted by atomic mass is 16.2. The number of rotatable bonds is 4. The maximum absolute atomic E-state index is 12.4. The molecule has 2 heterocycles. The van der Waals surface area contributed by atoms with Gasteiger partial charge in [0.05, 0.1) is 18.3 Å². The molecule has 3 aromatic rings. The van der Waals surface area contributed by atoms with Crippen LogP contribution >= 0.6 is 0 Å². The molecule has 6 nitrogen and oxygen atoms in total. The number of hydrogen-bond acceptors (Lipinski definition) is 3. The van der Waals surface area contributed by atoms with E-state index in [0.29, 0.717) is 6.54 Å². The van der Waals surface area contributed by atoms with E-state index in [-0.39, 0.29) is 18.2 Å². The quantitative estimate of drug-likeness (QED) is 0.778. The fourth-order valence-corrected chi connectivity index (χ4v) is 3.37. The number of carbonyl (C=O) groups is 2. The highest BCUT2D eigenvalue weighted by Gasteiger charge is 2.22. The first-order chi connectivity index (χ1) is 13.1. The van der Waals surface area contributed by atoms with Crippen molar-refractivity contribution in [3.05, 3.63) is 72.1 Å². The molecule has 27 heavy (non-hydrogen) atoms. The van der Waals surface area contributed by atoms with Crippen molar-refractivity contribution in [3.63, 3.8) is 0 Å². The average Bonchev–Trinajstić information content (AvgIpc) is 3.29. The lowest BCUT2D eigenvalue weighted by Gasteiger charge is -2.15. The van der Waals surface area contributed by atoms with Gasteiger partial charge in [0.25, 0.3) is 0 Å². The lowest BCUT2D eigenvalue weighted by atomic mass is 10.1. The molecule has 6 heteroatoms. The molecule has 0 saturated carbocycles. The molecule has 0 aliphatic carbocycles. The van der Waals surface area contributed by atoms with Gasteiger partial charge in [-0.05, 0) is 47.9 Å². The van der Waals surface area contributed by atoms with Crippen LogP contribution in [0.2, 0.25) is 0 Å². The third-order valence-electron chi connectivity index (χ3n) is 4.66. The van der Waals surface area contributed by atoms with E-state index in [1.54, 1.807) is 22.7 Å². The molecule has 2 aromatic carbocycles. The molecule has 4 rings (SSSR count). The van der Waals surface area contributed by atoms with E-state index >= 15 is 0 Å².